The van der Waals surface area contributed by atoms with Crippen LogP contribution in [-0.4, -0.2) is 25.4 Å². The summed E-state index contributed by atoms with van der Waals surface area (Å²) in [5.41, 5.74) is 0.630. The molecule has 0 unspecified atom stereocenters. The Morgan fingerprint density at radius 1 is 1.04 bits per heavy atom. The fourth-order valence-corrected chi connectivity index (χ4v) is 3.06. The number of hydrogen-bond donors (Lipinski definition) is 3. The topological polar surface area (TPSA) is 94.0 Å². The van der Waals surface area contributed by atoms with Crippen LogP contribution < -0.4 is 16.0 Å². The fourth-order valence-electron chi connectivity index (χ4n) is 2.14. The number of carbonyl (C=O) groups excluding carboxylic acids is 2. The van der Waals surface area contributed by atoms with E-state index in [2.05, 4.69) is 16.0 Å². The van der Waals surface area contributed by atoms with Crippen molar-refractivity contribution in [3.05, 3.63) is 66.4 Å². The smallest absolute Gasteiger partial charge is 0.267 e. The zero-order chi connectivity index (χ0) is 19.3. The van der Waals surface area contributed by atoms with E-state index < -0.39 is 5.91 Å². The van der Waals surface area contributed by atoms with E-state index in [0.717, 1.165) is 9.79 Å². The van der Waals surface area contributed by atoms with Gasteiger partial charge in [-0.1, -0.05) is 42.1 Å². The number of benzene rings is 2. The van der Waals surface area contributed by atoms with Gasteiger partial charge in [-0.2, -0.15) is 5.26 Å². The highest BCUT2D eigenvalue weighted by atomic mass is 32.2. The molecule has 0 radical (unpaired) electrons. The second kappa shape index (κ2) is 11.4. The van der Waals surface area contributed by atoms with E-state index in [4.69, 9.17) is 0 Å². The van der Waals surface area contributed by atoms with Gasteiger partial charge < -0.3 is 16.0 Å². The Kier molecular flexibility index (Phi) is 8.47. The summed E-state index contributed by atoms with van der Waals surface area (Å²) in [5, 5.41) is 17.5. The summed E-state index contributed by atoms with van der Waals surface area (Å²) in [7, 11) is 0. The van der Waals surface area contributed by atoms with Crippen molar-refractivity contribution in [1.29, 1.82) is 5.26 Å². The third-order valence-electron chi connectivity index (χ3n) is 3.44. The molecule has 2 aromatic rings. The van der Waals surface area contributed by atoms with Gasteiger partial charge in [0.25, 0.3) is 5.91 Å². The van der Waals surface area contributed by atoms with E-state index in [9.17, 15) is 14.9 Å². The molecule has 27 heavy (non-hydrogen) atoms. The van der Waals surface area contributed by atoms with Gasteiger partial charge in [0.2, 0.25) is 6.41 Å². The molecule has 138 valence electrons. The Bertz CT molecular complexity index is 831. The lowest BCUT2D eigenvalue weighted by Gasteiger charge is -2.10. The van der Waals surface area contributed by atoms with Gasteiger partial charge >= 0.3 is 0 Å². The van der Waals surface area contributed by atoms with Gasteiger partial charge in [-0.15, -0.1) is 0 Å². The van der Waals surface area contributed by atoms with Crippen LogP contribution in [0, 0.1) is 11.3 Å². The molecule has 7 heteroatoms. The molecule has 0 aliphatic rings. The van der Waals surface area contributed by atoms with E-state index in [-0.39, 0.29) is 5.57 Å². The van der Waals surface area contributed by atoms with Crippen LogP contribution in [0.15, 0.2) is 76.2 Å². The molecule has 3 N–H and O–H groups in total. The normalized spacial score (nSPS) is 10.6. The molecule has 0 saturated heterocycles. The van der Waals surface area contributed by atoms with Gasteiger partial charge in [0, 0.05) is 29.1 Å². The molecule has 0 fully saturated rings. The van der Waals surface area contributed by atoms with Crippen LogP contribution in [-0.2, 0) is 9.59 Å². The highest BCUT2D eigenvalue weighted by molar-refractivity contribution is 7.99. The minimum Gasteiger partial charge on any atom is -0.390 e. The molecule has 2 amide bonds. The van der Waals surface area contributed by atoms with E-state index in [1.165, 1.54) is 18.0 Å². The van der Waals surface area contributed by atoms with Crippen LogP contribution in [0.2, 0.25) is 0 Å². The Hall–Kier alpha value is -3.24. The number of nitriles is 1. The quantitative estimate of drug-likeness (QED) is 0.255. The standard InChI is InChI=1S/C20H20N4O2S/c21-13-16(14-22-11-6-12-23-15-25)20(26)24-18-9-4-5-10-19(18)27-17-7-2-1-3-8-17/h1-5,7-10,14-15,22H,6,11-12H2,(H,23,25)(H,24,26)/b16-14-. The molecule has 2 aromatic carbocycles. The van der Waals surface area contributed by atoms with E-state index in [1.807, 2.05) is 54.6 Å². The number of nitrogens with one attached hydrogen (secondary N) is 3. The van der Waals surface area contributed by atoms with E-state index in [1.54, 1.807) is 6.07 Å². The third-order valence-corrected chi connectivity index (χ3v) is 4.53. The average Bonchev–Trinajstić information content (AvgIpc) is 2.69. The Morgan fingerprint density at radius 3 is 2.48 bits per heavy atom. The Labute approximate surface area is 162 Å². The van der Waals surface area contributed by atoms with Crippen LogP contribution >= 0.6 is 11.8 Å². The molecule has 0 aromatic heterocycles. The highest BCUT2D eigenvalue weighted by Gasteiger charge is 2.12. The first-order valence-electron chi connectivity index (χ1n) is 8.38. The summed E-state index contributed by atoms with van der Waals surface area (Å²) in [4.78, 5) is 24.5. The lowest BCUT2D eigenvalue weighted by atomic mass is 10.2. The number of para-hydroxylation sites is 1. The van der Waals surface area contributed by atoms with Crippen molar-refractivity contribution < 1.29 is 9.59 Å². The first-order chi connectivity index (χ1) is 13.2. The monoisotopic (exact) mass is 380 g/mol. The molecule has 0 heterocycles. The lowest BCUT2D eigenvalue weighted by molar-refractivity contribution is -0.112. The molecule has 2 rings (SSSR count). The predicted octanol–water partition coefficient (Wildman–Crippen LogP) is 2.91. The summed E-state index contributed by atoms with van der Waals surface area (Å²) in [6.45, 7) is 1.07. The largest absolute Gasteiger partial charge is 0.390 e. The van der Waals surface area contributed by atoms with Crippen molar-refractivity contribution in [3.63, 3.8) is 0 Å². The first-order valence-corrected chi connectivity index (χ1v) is 9.20. The average molecular weight is 380 g/mol. The van der Waals surface area contributed by atoms with Gasteiger partial charge in [-0.3, -0.25) is 9.59 Å². The number of carbonyl (C=O) groups is 2. The molecule has 0 spiro atoms. The van der Waals surface area contributed by atoms with Crippen molar-refractivity contribution in [1.82, 2.24) is 10.6 Å². The number of hydrogen-bond acceptors (Lipinski definition) is 5. The molecule has 0 aliphatic heterocycles. The minimum atomic E-state index is -0.475. The van der Waals surface area contributed by atoms with E-state index in [0.29, 0.717) is 31.6 Å². The second-order valence-electron chi connectivity index (χ2n) is 5.41. The van der Waals surface area contributed by atoms with Gasteiger partial charge in [-0.05, 0) is 30.7 Å². The van der Waals surface area contributed by atoms with Gasteiger partial charge in [-0.25, -0.2) is 0 Å². The van der Waals surface area contributed by atoms with Crippen LogP contribution in [0.5, 0.6) is 0 Å². The van der Waals surface area contributed by atoms with Crippen LogP contribution in [0.25, 0.3) is 0 Å². The molecule has 6 nitrogen and oxygen atoms in total. The Balaban J connectivity index is 1.99. The molecule has 0 bridgehead atoms. The van der Waals surface area contributed by atoms with Crippen LogP contribution in [0.4, 0.5) is 5.69 Å². The van der Waals surface area contributed by atoms with Crippen molar-refractivity contribution in [2.45, 2.75) is 16.2 Å². The van der Waals surface area contributed by atoms with Crippen molar-refractivity contribution in [2.75, 3.05) is 18.4 Å². The van der Waals surface area contributed by atoms with Gasteiger partial charge in [0.15, 0.2) is 0 Å². The summed E-state index contributed by atoms with van der Waals surface area (Å²) < 4.78 is 0. The fraction of sp³-hybridized carbons (Fsp3) is 0.150. The molecule has 0 aliphatic carbocycles. The van der Waals surface area contributed by atoms with Crippen molar-refractivity contribution >= 4 is 29.8 Å². The lowest BCUT2D eigenvalue weighted by Crippen LogP contribution is -2.20. The summed E-state index contributed by atoms with van der Waals surface area (Å²) in [6.07, 6.45) is 2.71. The maximum atomic E-state index is 12.4. The number of rotatable bonds is 10. The number of nitrogens with zero attached hydrogens (tertiary/aromatic N) is 1. The van der Waals surface area contributed by atoms with Gasteiger partial charge in [0.05, 0.1) is 5.69 Å². The highest BCUT2D eigenvalue weighted by Crippen LogP contribution is 2.33. The van der Waals surface area contributed by atoms with E-state index >= 15 is 0 Å². The van der Waals surface area contributed by atoms with Crippen LogP contribution in [0.1, 0.15) is 6.42 Å². The minimum absolute atomic E-state index is 0.0159. The second-order valence-corrected chi connectivity index (χ2v) is 6.53. The number of amides is 2. The molecule has 0 saturated carbocycles. The first kappa shape index (κ1) is 20.1. The number of anilines is 1. The van der Waals surface area contributed by atoms with Crippen molar-refractivity contribution in [3.8, 4) is 6.07 Å². The van der Waals surface area contributed by atoms with Crippen LogP contribution in [0.3, 0.4) is 0 Å². The molecular formula is C20H20N4O2S. The Morgan fingerprint density at radius 2 is 1.74 bits per heavy atom. The zero-order valence-corrected chi connectivity index (χ0v) is 15.5. The third kappa shape index (κ3) is 6.88. The summed E-state index contributed by atoms with van der Waals surface area (Å²) in [6, 6.07) is 19.2. The molecular weight excluding hydrogens is 360 g/mol. The summed E-state index contributed by atoms with van der Waals surface area (Å²) >= 11 is 1.54. The summed E-state index contributed by atoms with van der Waals surface area (Å²) in [5.74, 6) is -0.475. The molecule has 0 atom stereocenters. The van der Waals surface area contributed by atoms with Crippen molar-refractivity contribution in [2.24, 2.45) is 0 Å². The van der Waals surface area contributed by atoms with Gasteiger partial charge in [0.1, 0.15) is 11.6 Å². The predicted molar refractivity (Wildman–Crippen MR) is 106 cm³/mol. The maximum Gasteiger partial charge on any atom is 0.267 e. The zero-order valence-electron chi connectivity index (χ0n) is 14.6. The SMILES string of the molecule is N#C/C(=C/NCCCNC=O)C(=O)Nc1ccccc1Sc1ccccc1. The maximum absolute atomic E-state index is 12.4.